The SMILES string of the molecule is CCCOC(=O)c1c(OCOC)cc(OC)cc1C1CC1C[C@@H]1OC(C)(C)O[C@@H]1CO. The summed E-state index contributed by atoms with van der Waals surface area (Å²) in [5.74, 6) is 0.291. The normalized spacial score (nSPS) is 26.5. The van der Waals surface area contributed by atoms with Crippen LogP contribution in [-0.4, -0.2) is 63.3 Å². The number of carbonyl (C=O) groups is 1. The van der Waals surface area contributed by atoms with Crippen LogP contribution in [0, 0.1) is 5.92 Å². The fourth-order valence-electron chi connectivity index (χ4n) is 4.19. The van der Waals surface area contributed by atoms with Crippen molar-refractivity contribution in [2.45, 2.75) is 63.9 Å². The minimum absolute atomic E-state index is 0.00920. The average molecular weight is 439 g/mol. The second-order valence-corrected chi connectivity index (χ2v) is 8.51. The van der Waals surface area contributed by atoms with Gasteiger partial charge in [0.1, 0.15) is 23.2 Å². The fourth-order valence-corrected chi connectivity index (χ4v) is 4.19. The first kappa shape index (κ1) is 23.8. The molecule has 4 atom stereocenters. The van der Waals surface area contributed by atoms with Gasteiger partial charge in [-0.25, -0.2) is 4.79 Å². The molecule has 1 saturated carbocycles. The van der Waals surface area contributed by atoms with Gasteiger partial charge >= 0.3 is 5.97 Å². The van der Waals surface area contributed by atoms with E-state index in [-0.39, 0.29) is 37.4 Å². The lowest BCUT2D eigenvalue weighted by Gasteiger charge is -2.18. The van der Waals surface area contributed by atoms with Gasteiger partial charge in [-0.2, -0.15) is 0 Å². The third-order valence-corrected chi connectivity index (χ3v) is 5.64. The van der Waals surface area contributed by atoms with E-state index in [4.69, 9.17) is 28.4 Å². The Morgan fingerprint density at radius 2 is 1.97 bits per heavy atom. The summed E-state index contributed by atoms with van der Waals surface area (Å²) in [6.45, 7) is 5.91. The van der Waals surface area contributed by atoms with Crippen LogP contribution in [0.2, 0.25) is 0 Å². The predicted octanol–water partition coefficient (Wildman–Crippen LogP) is 3.25. The van der Waals surface area contributed by atoms with Crippen molar-refractivity contribution in [2.24, 2.45) is 5.92 Å². The van der Waals surface area contributed by atoms with Crippen LogP contribution in [0.4, 0.5) is 0 Å². The summed E-state index contributed by atoms with van der Waals surface area (Å²) >= 11 is 0. The van der Waals surface area contributed by atoms with Gasteiger partial charge in [0.25, 0.3) is 0 Å². The summed E-state index contributed by atoms with van der Waals surface area (Å²) in [5.41, 5.74) is 1.26. The van der Waals surface area contributed by atoms with Crippen LogP contribution in [0.1, 0.15) is 61.9 Å². The van der Waals surface area contributed by atoms with Crippen molar-refractivity contribution >= 4 is 5.97 Å². The third kappa shape index (κ3) is 5.68. The predicted molar refractivity (Wildman–Crippen MR) is 112 cm³/mol. The number of ether oxygens (including phenoxy) is 6. The van der Waals surface area contributed by atoms with E-state index < -0.39 is 11.8 Å². The van der Waals surface area contributed by atoms with Crippen molar-refractivity contribution in [1.82, 2.24) is 0 Å². The second kappa shape index (κ2) is 10.2. The van der Waals surface area contributed by atoms with E-state index in [1.807, 2.05) is 26.8 Å². The summed E-state index contributed by atoms with van der Waals surface area (Å²) in [6, 6.07) is 3.56. The van der Waals surface area contributed by atoms with Crippen molar-refractivity contribution in [2.75, 3.05) is 34.2 Å². The zero-order valence-corrected chi connectivity index (χ0v) is 19.0. The Morgan fingerprint density at radius 1 is 1.23 bits per heavy atom. The van der Waals surface area contributed by atoms with Crippen LogP contribution < -0.4 is 9.47 Å². The smallest absolute Gasteiger partial charge is 0.342 e. The zero-order valence-electron chi connectivity index (χ0n) is 19.0. The van der Waals surface area contributed by atoms with Crippen LogP contribution >= 0.6 is 0 Å². The summed E-state index contributed by atoms with van der Waals surface area (Å²) in [5, 5.41) is 9.66. The van der Waals surface area contributed by atoms with E-state index >= 15 is 0 Å². The van der Waals surface area contributed by atoms with E-state index in [1.54, 1.807) is 13.2 Å². The summed E-state index contributed by atoms with van der Waals surface area (Å²) in [6.07, 6.45) is 1.81. The second-order valence-electron chi connectivity index (χ2n) is 8.51. The molecule has 2 unspecified atom stereocenters. The van der Waals surface area contributed by atoms with E-state index in [0.29, 0.717) is 23.7 Å². The topological polar surface area (TPSA) is 92.7 Å². The Morgan fingerprint density at radius 3 is 2.61 bits per heavy atom. The van der Waals surface area contributed by atoms with Gasteiger partial charge in [-0.15, -0.1) is 0 Å². The average Bonchev–Trinajstić information content (AvgIpc) is 3.44. The number of aliphatic hydroxyl groups excluding tert-OH is 1. The van der Waals surface area contributed by atoms with Crippen LogP contribution in [-0.2, 0) is 18.9 Å². The first-order chi connectivity index (χ1) is 14.8. The van der Waals surface area contributed by atoms with Crippen LogP contribution in [0.5, 0.6) is 11.5 Å². The first-order valence-electron chi connectivity index (χ1n) is 10.8. The molecule has 174 valence electrons. The molecule has 1 aromatic carbocycles. The van der Waals surface area contributed by atoms with Gasteiger partial charge in [-0.1, -0.05) is 6.92 Å². The van der Waals surface area contributed by atoms with Gasteiger partial charge in [0.2, 0.25) is 0 Å². The first-order valence-corrected chi connectivity index (χ1v) is 10.8. The standard InChI is InChI=1S/C23H34O8/c1-6-7-28-22(25)21-17(10-15(27-5)11-19(21)29-13-26-4)16-8-14(16)9-18-20(12-24)31-23(2,3)30-18/h10-11,14,16,18,20,24H,6-9,12-13H2,1-5H3/t14?,16?,18-,20+/m0/s1. The molecule has 0 aromatic heterocycles. The monoisotopic (exact) mass is 438 g/mol. The molecule has 31 heavy (non-hydrogen) atoms. The molecule has 0 bridgehead atoms. The van der Waals surface area contributed by atoms with E-state index in [0.717, 1.165) is 24.8 Å². The van der Waals surface area contributed by atoms with Crippen LogP contribution in [0.15, 0.2) is 12.1 Å². The van der Waals surface area contributed by atoms with Gasteiger partial charge in [-0.05, 0) is 56.6 Å². The molecule has 1 heterocycles. The maximum absolute atomic E-state index is 12.9. The molecule has 1 aromatic rings. The molecule has 3 rings (SSSR count). The Labute approximate surface area is 183 Å². The summed E-state index contributed by atoms with van der Waals surface area (Å²) in [7, 11) is 3.10. The number of esters is 1. The van der Waals surface area contributed by atoms with Gasteiger partial charge in [0.05, 0.1) is 26.4 Å². The highest BCUT2D eigenvalue weighted by Crippen LogP contribution is 2.54. The molecule has 0 radical (unpaired) electrons. The molecule has 1 aliphatic heterocycles. The molecule has 2 aliphatic rings. The highest BCUT2D eigenvalue weighted by molar-refractivity contribution is 5.95. The van der Waals surface area contributed by atoms with Gasteiger partial charge < -0.3 is 33.5 Å². The van der Waals surface area contributed by atoms with Crippen molar-refractivity contribution < 1.29 is 38.3 Å². The molecule has 8 heteroatoms. The Hall–Kier alpha value is -1.87. The maximum Gasteiger partial charge on any atom is 0.342 e. The lowest BCUT2D eigenvalue weighted by Crippen LogP contribution is -2.26. The molecular formula is C23H34O8. The lowest BCUT2D eigenvalue weighted by molar-refractivity contribution is -0.149. The van der Waals surface area contributed by atoms with Crippen molar-refractivity contribution in [3.8, 4) is 11.5 Å². The molecule has 8 nitrogen and oxygen atoms in total. The molecule has 0 amide bonds. The van der Waals surface area contributed by atoms with Crippen LogP contribution in [0.3, 0.4) is 0 Å². The largest absolute Gasteiger partial charge is 0.497 e. The van der Waals surface area contributed by atoms with Crippen molar-refractivity contribution in [3.05, 3.63) is 23.3 Å². The lowest BCUT2D eigenvalue weighted by atomic mass is 9.98. The summed E-state index contributed by atoms with van der Waals surface area (Å²) < 4.78 is 33.4. The zero-order chi connectivity index (χ0) is 22.6. The minimum atomic E-state index is -0.714. The molecule has 1 aliphatic carbocycles. The van der Waals surface area contributed by atoms with Crippen molar-refractivity contribution in [1.29, 1.82) is 0 Å². The Kier molecular flexibility index (Phi) is 7.80. The third-order valence-electron chi connectivity index (χ3n) is 5.64. The van der Waals surface area contributed by atoms with E-state index in [1.165, 1.54) is 7.11 Å². The number of benzene rings is 1. The van der Waals surface area contributed by atoms with Crippen molar-refractivity contribution in [3.63, 3.8) is 0 Å². The van der Waals surface area contributed by atoms with Gasteiger partial charge in [-0.3, -0.25) is 0 Å². The van der Waals surface area contributed by atoms with Gasteiger partial charge in [0, 0.05) is 13.2 Å². The molecule has 1 saturated heterocycles. The Bertz CT molecular complexity index is 762. The van der Waals surface area contributed by atoms with E-state index in [2.05, 4.69) is 0 Å². The minimum Gasteiger partial charge on any atom is -0.497 e. The number of carbonyl (C=O) groups excluding carboxylic acids is 1. The highest BCUT2D eigenvalue weighted by atomic mass is 16.8. The molecule has 1 N–H and O–H groups in total. The number of aliphatic hydroxyl groups is 1. The van der Waals surface area contributed by atoms with Crippen LogP contribution in [0.25, 0.3) is 0 Å². The Balaban J connectivity index is 1.85. The number of hydrogen-bond donors (Lipinski definition) is 1. The molecule has 0 spiro atoms. The number of rotatable bonds is 11. The number of methoxy groups -OCH3 is 2. The maximum atomic E-state index is 12.9. The van der Waals surface area contributed by atoms with Gasteiger partial charge in [0.15, 0.2) is 12.6 Å². The molecular weight excluding hydrogens is 404 g/mol. The number of hydrogen-bond acceptors (Lipinski definition) is 8. The quantitative estimate of drug-likeness (QED) is 0.416. The fraction of sp³-hybridized carbons (Fsp3) is 0.696. The highest BCUT2D eigenvalue weighted by Gasteiger charge is 2.48. The summed E-state index contributed by atoms with van der Waals surface area (Å²) in [4.78, 5) is 12.9. The van der Waals surface area contributed by atoms with E-state index in [9.17, 15) is 9.90 Å². The molecule has 2 fully saturated rings.